The van der Waals surface area contributed by atoms with E-state index in [0.29, 0.717) is 12.1 Å². The number of aromatic nitrogens is 1. The van der Waals surface area contributed by atoms with Crippen LogP contribution in [0.25, 0.3) is 0 Å². The van der Waals surface area contributed by atoms with Crippen molar-refractivity contribution in [3.63, 3.8) is 0 Å². The molecule has 0 aliphatic heterocycles. The smallest absolute Gasteiger partial charge is 0.251 e. The summed E-state index contributed by atoms with van der Waals surface area (Å²) in [6.07, 6.45) is 2.04. The van der Waals surface area contributed by atoms with Gasteiger partial charge in [-0.15, -0.1) is 24.0 Å². The molecule has 0 saturated carbocycles. The van der Waals surface area contributed by atoms with Gasteiger partial charge >= 0.3 is 0 Å². The number of nitrogens with zero attached hydrogens (tertiary/aromatic N) is 3. The maximum atomic E-state index is 11.8. The van der Waals surface area contributed by atoms with E-state index < -0.39 is 0 Å². The number of aliphatic imine (C=N–C) groups is 1. The Morgan fingerprint density at radius 3 is 2.65 bits per heavy atom. The lowest BCUT2D eigenvalue weighted by Crippen LogP contribution is -2.38. The van der Waals surface area contributed by atoms with E-state index in [1.807, 2.05) is 44.6 Å². The maximum Gasteiger partial charge on any atom is 0.251 e. The molecule has 0 aliphatic carbocycles. The van der Waals surface area contributed by atoms with Crippen molar-refractivity contribution in [2.45, 2.75) is 20.0 Å². The molecule has 142 valence electrons. The molecule has 0 aliphatic rings. The lowest BCUT2D eigenvalue weighted by molar-refractivity contribution is 0.0963. The van der Waals surface area contributed by atoms with Crippen molar-refractivity contribution < 1.29 is 4.79 Å². The van der Waals surface area contributed by atoms with Crippen molar-refractivity contribution in [2.75, 3.05) is 20.6 Å². The second-order valence-corrected chi connectivity index (χ2v) is 5.92. The van der Waals surface area contributed by atoms with Gasteiger partial charge in [0.15, 0.2) is 5.96 Å². The number of amides is 1. The summed E-state index contributed by atoms with van der Waals surface area (Å²) in [7, 11) is 5.70. The van der Waals surface area contributed by atoms with Crippen LogP contribution in [0, 0.1) is 0 Å². The van der Waals surface area contributed by atoms with Gasteiger partial charge in [0.05, 0.1) is 13.1 Å². The quantitative estimate of drug-likeness (QED) is 0.389. The molecule has 0 atom stereocenters. The molecule has 1 heterocycles. The third-order valence-corrected chi connectivity index (χ3v) is 3.97. The molecule has 6 nitrogen and oxygen atoms in total. The number of halogens is 1. The van der Waals surface area contributed by atoms with E-state index in [9.17, 15) is 4.79 Å². The van der Waals surface area contributed by atoms with Gasteiger partial charge in [-0.2, -0.15) is 0 Å². The van der Waals surface area contributed by atoms with Gasteiger partial charge in [-0.25, -0.2) is 4.99 Å². The molecule has 7 heteroatoms. The van der Waals surface area contributed by atoms with Crippen LogP contribution in [0.1, 0.15) is 28.5 Å². The van der Waals surface area contributed by atoms with Gasteiger partial charge in [-0.1, -0.05) is 12.1 Å². The van der Waals surface area contributed by atoms with Crippen molar-refractivity contribution in [1.82, 2.24) is 20.1 Å². The third-order valence-electron chi connectivity index (χ3n) is 3.97. The summed E-state index contributed by atoms with van der Waals surface area (Å²) in [5, 5.41) is 5.96. The first-order valence-electron chi connectivity index (χ1n) is 8.45. The second-order valence-electron chi connectivity index (χ2n) is 5.92. The van der Waals surface area contributed by atoms with Gasteiger partial charge < -0.3 is 20.1 Å². The van der Waals surface area contributed by atoms with Crippen molar-refractivity contribution >= 4 is 35.8 Å². The van der Waals surface area contributed by atoms with Crippen molar-refractivity contribution in [3.05, 3.63) is 59.4 Å². The van der Waals surface area contributed by atoms with E-state index in [4.69, 9.17) is 4.99 Å². The first-order chi connectivity index (χ1) is 12.0. The van der Waals surface area contributed by atoms with Gasteiger partial charge in [0, 0.05) is 45.1 Å². The lowest BCUT2D eigenvalue weighted by Gasteiger charge is -2.22. The fraction of sp³-hybridized carbons (Fsp3) is 0.368. The predicted octanol–water partition coefficient (Wildman–Crippen LogP) is 2.60. The third kappa shape index (κ3) is 6.05. The topological polar surface area (TPSA) is 61.7 Å². The summed E-state index contributed by atoms with van der Waals surface area (Å²) in [5.41, 5.74) is 2.87. The van der Waals surface area contributed by atoms with Crippen LogP contribution in [0.2, 0.25) is 0 Å². The summed E-state index contributed by atoms with van der Waals surface area (Å²) in [6, 6.07) is 11.7. The number of guanidine groups is 1. The lowest BCUT2D eigenvalue weighted by atomic mass is 10.1. The van der Waals surface area contributed by atoms with Gasteiger partial charge in [0.1, 0.15) is 0 Å². The first kappa shape index (κ1) is 22.0. The molecular formula is C19H28IN5O. The molecule has 0 radical (unpaired) electrons. The number of carbonyl (C=O) groups excluding carboxylic acids is 1. The normalized spacial score (nSPS) is 10.8. The number of rotatable bonds is 6. The zero-order valence-electron chi connectivity index (χ0n) is 15.8. The molecule has 1 aromatic heterocycles. The molecule has 26 heavy (non-hydrogen) atoms. The highest BCUT2D eigenvalue weighted by molar-refractivity contribution is 14.0. The first-order valence-corrected chi connectivity index (χ1v) is 8.45. The molecule has 2 N–H and O–H groups in total. The molecular weight excluding hydrogens is 441 g/mol. The van der Waals surface area contributed by atoms with E-state index in [2.05, 4.69) is 33.1 Å². The maximum absolute atomic E-state index is 11.8. The average Bonchev–Trinajstić information content (AvgIpc) is 3.02. The molecule has 1 amide bonds. The highest BCUT2D eigenvalue weighted by Gasteiger charge is 2.09. The SMILES string of the molecule is CCNC(=NCc1cccc(C(=O)NC)c1)N(C)Cc1cccn1C.I. The summed E-state index contributed by atoms with van der Waals surface area (Å²) in [4.78, 5) is 18.6. The predicted molar refractivity (Wildman–Crippen MR) is 117 cm³/mol. The Kier molecular flexibility index (Phi) is 9.18. The van der Waals surface area contributed by atoms with E-state index in [-0.39, 0.29) is 29.9 Å². The van der Waals surface area contributed by atoms with Gasteiger partial charge in [0.25, 0.3) is 5.91 Å². The van der Waals surface area contributed by atoms with Crippen LogP contribution in [0.15, 0.2) is 47.6 Å². The summed E-state index contributed by atoms with van der Waals surface area (Å²) < 4.78 is 2.10. The molecule has 0 bridgehead atoms. The molecule has 2 rings (SSSR count). The average molecular weight is 469 g/mol. The number of nitrogens with one attached hydrogen (secondary N) is 2. The molecule has 0 unspecified atom stereocenters. The zero-order valence-corrected chi connectivity index (χ0v) is 18.2. The molecule has 0 fully saturated rings. The number of carbonyl (C=O) groups is 1. The summed E-state index contributed by atoms with van der Waals surface area (Å²) >= 11 is 0. The van der Waals surface area contributed by atoms with Crippen LogP contribution < -0.4 is 10.6 Å². The monoisotopic (exact) mass is 469 g/mol. The van der Waals surface area contributed by atoms with E-state index in [0.717, 1.165) is 24.6 Å². The Morgan fingerprint density at radius 1 is 1.27 bits per heavy atom. The van der Waals surface area contributed by atoms with Crippen LogP contribution in [0.5, 0.6) is 0 Å². The van der Waals surface area contributed by atoms with Gasteiger partial charge in [-0.3, -0.25) is 4.79 Å². The molecule has 0 saturated heterocycles. The minimum absolute atomic E-state index is 0. The molecule has 1 aromatic carbocycles. The number of aryl methyl sites for hydroxylation is 1. The Morgan fingerprint density at radius 2 is 2.04 bits per heavy atom. The molecule has 2 aromatic rings. The van der Waals surface area contributed by atoms with Gasteiger partial charge in [-0.05, 0) is 36.8 Å². The zero-order chi connectivity index (χ0) is 18.2. The fourth-order valence-electron chi connectivity index (χ4n) is 2.57. The summed E-state index contributed by atoms with van der Waals surface area (Å²) in [5.74, 6) is 0.757. The molecule has 0 spiro atoms. The van der Waals surface area contributed by atoms with Crippen LogP contribution in [0.4, 0.5) is 0 Å². The fourth-order valence-corrected chi connectivity index (χ4v) is 2.57. The van der Waals surface area contributed by atoms with Crippen molar-refractivity contribution in [2.24, 2.45) is 12.0 Å². The Labute approximate surface area is 172 Å². The van der Waals surface area contributed by atoms with E-state index in [1.54, 1.807) is 13.1 Å². The number of benzene rings is 1. The second kappa shape index (κ2) is 10.8. The van der Waals surface area contributed by atoms with Crippen LogP contribution in [-0.4, -0.2) is 42.0 Å². The van der Waals surface area contributed by atoms with E-state index >= 15 is 0 Å². The number of hydrogen-bond acceptors (Lipinski definition) is 2. The van der Waals surface area contributed by atoms with E-state index in [1.165, 1.54) is 5.69 Å². The largest absolute Gasteiger partial charge is 0.357 e. The number of hydrogen-bond donors (Lipinski definition) is 2. The summed E-state index contributed by atoms with van der Waals surface area (Å²) in [6.45, 7) is 4.14. The van der Waals surface area contributed by atoms with Crippen molar-refractivity contribution in [1.29, 1.82) is 0 Å². The highest BCUT2D eigenvalue weighted by atomic mass is 127. The van der Waals surface area contributed by atoms with Gasteiger partial charge in [0.2, 0.25) is 0 Å². The minimum Gasteiger partial charge on any atom is -0.357 e. The van der Waals surface area contributed by atoms with Crippen molar-refractivity contribution in [3.8, 4) is 0 Å². The standard InChI is InChI=1S/C19H27N5O.HI/c1-5-21-19(24(4)14-17-10-7-11-23(17)3)22-13-15-8-6-9-16(12-15)18(25)20-2;/h6-12H,5,13-14H2,1-4H3,(H,20,25)(H,21,22);1H. The Hall–Kier alpha value is -2.03. The Balaban J connectivity index is 0.00000338. The van der Waals surface area contributed by atoms with Crippen LogP contribution in [-0.2, 0) is 20.1 Å². The van der Waals surface area contributed by atoms with Crippen LogP contribution >= 0.6 is 24.0 Å². The Bertz CT molecular complexity index is 741. The van der Waals surface area contributed by atoms with Crippen LogP contribution in [0.3, 0.4) is 0 Å². The highest BCUT2D eigenvalue weighted by Crippen LogP contribution is 2.08. The minimum atomic E-state index is -0.0847.